The van der Waals surface area contributed by atoms with Crippen LogP contribution in [0.1, 0.15) is 0 Å². The monoisotopic (exact) mass is 133 g/mol. The molecule has 0 heterocycles. The first-order valence-corrected chi connectivity index (χ1v) is 2.44. The van der Waals surface area contributed by atoms with Gasteiger partial charge in [0.15, 0.2) is 0 Å². The van der Waals surface area contributed by atoms with E-state index < -0.39 is 15.4 Å². The third kappa shape index (κ3) is 8.96. The van der Waals surface area contributed by atoms with E-state index in [1.807, 2.05) is 0 Å². The number of hydrogen-bond donors (Lipinski definition) is 2. The van der Waals surface area contributed by atoms with Gasteiger partial charge in [-0.15, -0.1) is 0 Å². The molecule has 4 N–H and O–H groups in total. The van der Waals surface area contributed by atoms with Gasteiger partial charge in [-0.05, 0) is 0 Å². The summed E-state index contributed by atoms with van der Waals surface area (Å²) in [5, 5.41) is 7.08. The van der Waals surface area contributed by atoms with E-state index in [0.29, 0.717) is 0 Å². The van der Waals surface area contributed by atoms with Crippen molar-refractivity contribution in [1.82, 2.24) is 6.15 Å². The zero-order valence-corrected chi connectivity index (χ0v) is 4.22. The molecule has 0 saturated carbocycles. The summed E-state index contributed by atoms with van der Waals surface area (Å²) in [6, 6.07) is 0. The Morgan fingerprint density at radius 1 is 1.50 bits per heavy atom. The molecular weight excluding hydrogens is 129 g/mol. The van der Waals surface area contributed by atoms with Crippen LogP contribution in [0.2, 0.25) is 0 Å². The van der Waals surface area contributed by atoms with Crippen LogP contribution in [-0.2, 0) is 26.6 Å². The zero-order valence-electron chi connectivity index (χ0n) is 2.83. The second-order valence-electron chi connectivity index (χ2n) is 0.305. The van der Waals surface area contributed by atoms with Gasteiger partial charge in [0, 0.05) is 0 Å². The normalized spacial score (nSPS) is 6.17. The Morgan fingerprint density at radius 2 is 1.67 bits per heavy atom. The van der Waals surface area contributed by atoms with Gasteiger partial charge in [0.1, 0.15) is 0 Å². The Hall–Kier alpha value is 0.0644. The second-order valence-corrected chi connectivity index (χ2v) is 1.26. The van der Waals surface area contributed by atoms with Crippen molar-refractivity contribution in [2.75, 3.05) is 0 Å². The molecule has 0 rings (SSSR count). The maximum absolute atomic E-state index is 9.01. The summed E-state index contributed by atoms with van der Waals surface area (Å²) in [5.41, 5.74) is 0. The molecule has 38 valence electrons. The molecule has 0 aliphatic heterocycles. The van der Waals surface area contributed by atoms with Crippen LogP contribution < -0.4 is 6.15 Å². The summed E-state index contributed by atoms with van der Waals surface area (Å²) in [5.74, 6) is 0. The summed E-state index contributed by atoms with van der Waals surface area (Å²) >= 11 is -3.65. The summed E-state index contributed by atoms with van der Waals surface area (Å²) < 4.78 is 20.8. The third-order valence-corrected chi connectivity index (χ3v) is 0.275. The van der Waals surface area contributed by atoms with E-state index >= 15 is 0 Å². The fourth-order valence-corrected chi connectivity index (χ4v) is 0. The topological polar surface area (TPSA) is 98.6 Å². The Kier molecular flexibility index (Phi) is 7.95. The minimum absolute atomic E-state index is 0. The summed E-state index contributed by atoms with van der Waals surface area (Å²) in [7, 11) is 0. The van der Waals surface area contributed by atoms with Crippen molar-refractivity contribution in [2.24, 2.45) is 0 Å². The fourth-order valence-electron chi connectivity index (χ4n) is 0. The fraction of sp³-hybridized carbons (Fsp3) is 0. The van der Waals surface area contributed by atoms with Gasteiger partial charge in [0.25, 0.3) is 0 Å². The Bertz CT molecular complexity index is 65.6. The van der Waals surface area contributed by atoms with Crippen molar-refractivity contribution in [3.05, 3.63) is 0 Å². The molecule has 6 heteroatoms. The molecule has 0 aromatic carbocycles. The molecule has 0 fully saturated rings. The van der Waals surface area contributed by atoms with E-state index in [2.05, 4.69) is 3.81 Å². The van der Waals surface area contributed by atoms with E-state index in [-0.39, 0.29) is 6.15 Å². The Balaban J connectivity index is 0. The first kappa shape index (κ1) is 9.42. The van der Waals surface area contributed by atoms with Gasteiger partial charge in [0.05, 0.1) is 0 Å². The maximum atomic E-state index is 9.01. The van der Waals surface area contributed by atoms with Crippen LogP contribution in [0.15, 0.2) is 0 Å². The molecule has 0 saturated heterocycles. The number of rotatable bonds is 1. The van der Waals surface area contributed by atoms with Crippen molar-refractivity contribution in [3.63, 3.8) is 0 Å². The van der Waals surface area contributed by atoms with Crippen molar-refractivity contribution in [2.45, 2.75) is 0 Å². The molecule has 0 aliphatic rings. The van der Waals surface area contributed by atoms with Gasteiger partial charge in [-0.25, -0.2) is 0 Å². The molecule has 0 aromatic rings. The quantitative estimate of drug-likeness (QED) is 0.383. The summed E-state index contributed by atoms with van der Waals surface area (Å²) in [6.07, 6.45) is 0. The molecule has 0 bridgehead atoms. The molecule has 0 atom stereocenters. The van der Waals surface area contributed by atoms with Gasteiger partial charge in [-0.3, -0.25) is 0 Å². The van der Waals surface area contributed by atoms with Crippen LogP contribution in [0.5, 0.6) is 0 Å². The first-order chi connectivity index (χ1) is 2.27. The van der Waals surface area contributed by atoms with E-state index in [4.69, 9.17) is 12.6 Å². The van der Waals surface area contributed by atoms with E-state index in [1.165, 1.54) is 0 Å². The summed E-state index contributed by atoms with van der Waals surface area (Å²) in [4.78, 5) is 0. The molecular formula is H4NO4V. The van der Waals surface area contributed by atoms with Gasteiger partial charge in [0.2, 0.25) is 0 Å². The van der Waals surface area contributed by atoms with Gasteiger partial charge in [-0.1, -0.05) is 0 Å². The standard InChI is InChI=1S/H3N.H2O2.2O.V/c;1-2;;;/h1H3;1-2H;;;/q;;;;+1/p-1. The van der Waals surface area contributed by atoms with Crippen LogP contribution in [0, 0.1) is 0 Å². The van der Waals surface area contributed by atoms with E-state index in [1.54, 1.807) is 0 Å². The zero-order chi connectivity index (χ0) is 4.28. The molecule has 5 nitrogen and oxygen atoms in total. The predicted molar refractivity (Wildman–Crippen MR) is 10.1 cm³/mol. The van der Waals surface area contributed by atoms with Gasteiger partial charge < -0.3 is 6.15 Å². The van der Waals surface area contributed by atoms with E-state index in [0.717, 1.165) is 0 Å². The third-order valence-electron chi connectivity index (χ3n) is 0.0667. The van der Waals surface area contributed by atoms with Crippen LogP contribution in [-0.4, -0.2) is 5.26 Å². The SMILES string of the molecule is N.[O]=[V](=[O])[O]O. The van der Waals surface area contributed by atoms with E-state index in [9.17, 15) is 0 Å². The predicted octanol–water partition coefficient (Wildman–Crippen LogP) is -0.138. The Morgan fingerprint density at radius 3 is 1.67 bits per heavy atom. The molecule has 0 aliphatic carbocycles. The van der Waals surface area contributed by atoms with Crippen LogP contribution in [0.3, 0.4) is 0 Å². The van der Waals surface area contributed by atoms with Gasteiger partial charge >= 0.3 is 31.8 Å². The average molecular weight is 133 g/mol. The van der Waals surface area contributed by atoms with Crippen LogP contribution in [0.25, 0.3) is 0 Å². The van der Waals surface area contributed by atoms with Crippen LogP contribution in [0.4, 0.5) is 0 Å². The first-order valence-electron chi connectivity index (χ1n) is 0.730. The molecule has 6 heavy (non-hydrogen) atoms. The molecule has 0 radical (unpaired) electrons. The molecule has 0 spiro atoms. The van der Waals surface area contributed by atoms with Crippen molar-refractivity contribution in [1.29, 1.82) is 0 Å². The van der Waals surface area contributed by atoms with Crippen molar-refractivity contribution >= 4 is 0 Å². The summed E-state index contributed by atoms with van der Waals surface area (Å²) in [6.45, 7) is 0. The van der Waals surface area contributed by atoms with Crippen molar-refractivity contribution in [3.8, 4) is 0 Å². The van der Waals surface area contributed by atoms with Crippen LogP contribution >= 0.6 is 0 Å². The molecule has 0 aromatic heterocycles. The number of hydrogen-bond acceptors (Lipinski definition) is 5. The second kappa shape index (κ2) is 5.06. The van der Waals surface area contributed by atoms with Crippen molar-refractivity contribution < 1.29 is 31.8 Å². The average Bonchev–Trinajstić information content (AvgIpc) is 1.38. The van der Waals surface area contributed by atoms with Gasteiger partial charge in [-0.2, -0.15) is 0 Å². The Labute approximate surface area is 38.8 Å². The minimum atomic E-state index is -3.65. The molecule has 0 amide bonds. The molecule has 0 unspecified atom stereocenters.